The predicted octanol–water partition coefficient (Wildman–Crippen LogP) is 3.42. The summed E-state index contributed by atoms with van der Waals surface area (Å²) in [7, 11) is 2.04. The van der Waals surface area contributed by atoms with E-state index in [9.17, 15) is 0 Å². The second kappa shape index (κ2) is 8.15. The predicted molar refractivity (Wildman–Crippen MR) is 85.5 cm³/mol. The molecule has 2 aromatic rings. The van der Waals surface area contributed by atoms with Crippen LogP contribution in [0.25, 0.3) is 11.1 Å². The Labute approximate surface area is 130 Å². The second-order valence-corrected chi connectivity index (χ2v) is 5.97. The van der Waals surface area contributed by atoms with Gasteiger partial charge in [0.05, 0.1) is 0 Å². The fourth-order valence-corrected chi connectivity index (χ4v) is 2.63. The fourth-order valence-electron chi connectivity index (χ4n) is 2.23. The summed E-state index contributed by atoms with van der Waals surface area (Å²) in [6, 6.07) is 8.71. The highest BCUT2D eigenvalue weighted by atomic mass is 79.9. The zero-order chi connectivity index (χ0) is 14.2. The quantitative estimate of drug-likeness (QED) is 0.416. The molecular weight excluding hydrogens is 312 g/mol. The standard InChI is InChI=1S/C17H23BrN2/c1-19-12-6-16(7-13-19)17-8-14-20(15-9-17)11-5-3-2-4-10-18/h6-9,12-15H,2-5,10-11H2,1H3/q+2. The molecule has 0 unspecified atom stereocenters. The maximum atomic E-state index is 3.47. The average Bonchev–Trinajstić information content (AvgIpc) is 2.49. The van der Waals surface area contributed by atoms with Crippen LogP contribution in [-0.4, -0.2) is 5.33 Å². The molecule has 0 N–H and O–H groups in total. The molecule has 0 aliphatic heterocycles. The first-order valence-corrected chi connectivity index (χ1v) is 8.42. The lowest BCUT2D eigenvalue weighted by Gasteiger charge is -2.01. The number of rotatable bonds is 7. The smallest absolute Gasteiger partial charge is 0.169 e. The second-order valence-electron chi connectivity index (χ2n) is 5.18. The zero-order valence-electron chi connectivity index (χ0n) is 12.1. The zero-order valence-corrected chi connectivity index (χ0v) is 13.7. The van der Waals surface area contributed by atoms with Gasteiger partial charge in [-0.05, 0) is 24.0 Å². The average molecular weight is 335 g/mol. The summed E-state index contributed by atoms with van der Waals surface area (Å²) in [4.78, 5) is 0. The first kappa shape index (κ1) is 15.2. The largest absolute Gasteiger partial charge is 0.208 e. The summed E-state index contributed by atoms with van der Waals surface area (Å²) in [5.41, 5.74) is 2.55. The van der Waals surface area contributed by atoms with E-state index < -0.39 is 0 Å². The Bertz CT molecular complexity index is 506. The summed E-state index contributed by atoms with van der Waals surface area (Å²) in [5, 5.41) is 1.13. The molecule has 0 saturated carbocycles. The van der Waals surface area contributed by atoms with Crippen LogP contribution in [0.1, 0.15) is 25.7 Å². The third-order valence-corrected chi connectivity index (χ3v) is 4.06. The van der Waals surface area contributed by atoms with E-state index >= 15 is 0 Å². The van der Waals surface area contributed by atoms with E-state index in [4.69, 9.17) is 0 Å². The Morgan fingerprint density at radius 3 is 1.95 bits per heavy atom. The number of aromatic nitrogens is 2. The van der Waals surface area contributed by atoms with Crippen molar-refractivity contribution < 1.29 is 9.13 Å². The summed E-state index contributed by atoms with van der Waals surface area (Å²) in [6.07, 6.45) is 13.7. The molecule has 3 heteroatoms. The number of pyridine rings is 2. The first-order chi connectivity index (χ1) is 9.79. The van der Waals surface area contributed by atoms with E-state index in [1.165, 1.54) is 36.8 Å². The van der Waals surface area contributed by atoms with Crippen molar-refractivity contribution in [3.8, 4) is 11.1 Å². The molecule has 2 nitrogen and oxygen atoms in total. The third-order valence-electron chi connectivity index (χ3n) is 3.50. The van der Waals surface area contributed by atoms with E-state index in [1.807, 2.05) is 7.05 Å². The normalized spacial score (nSPS) is 10.7. The van der Waals surface area contributed by atoms with Crippen molar-refractivity contribution in [2.45, 2.75) is 32.2 Å². The Hall–Kier alpha value is -1.22. The highest BCUT2D eigenvalue weighted by molar-refractivity contribution is 9.09. The van der Waals surface area contributed by atoms with Gasteiger partial charge >= 0.3 is 0 Å². The highest BCUT2D eigenvalue weighted by Crippen LogP contribution is 2.15. The number of unbranched alkanes of at least 4 members (excludes halogenated alkanes) is 3. The van der Waals surface area contributed by atoms with Gasteiger partial charge in [0.1, 0.15) is 13.6 Å². The maximum absolute atomic E-state index is 3.47. The first-order valence-electron chi connectivity index (χ1n) is 7.30. The molecule has 2 heterocycles. The molecule has 0 bridgehead atoms. The molecular formula is C17H23BrN2+2. The van der Waals surface area contributed by atoms with Gasteiger partial charge in [0.2, 0.25) is 0 Å². The molecule has 0 saturated heterocycles. The topological polar surface area (TPSA) is 7.76 Å². The van der Waals surface area contributed by atoms with Crippen molar-refractivity contribution in [2.24, 2.45) is 7.05 Å². The monoisotopic (exact) mass is 334 g/mol. The van der Waals surface area contributed by atoms with Gasteiger partial charge in [0.15, 0.2) is 24.8 Å². The van der Waals surface area contributed by atoms with E-state index in [0.717, 1.165) is 11.9 Å². The lowest BCUT2D eigenvalue weighted by molar-refractivity contribution is -0.697. The molecule has 0 amide bonds. The number of hydrogen-bond acceptors (Lipinski definition) is 0. The molecule has 0 aromatic carbocycles. The van der Waals surface area contributed by atoms with Crippen LogP contribution in [0.4, 0.5) is 0 Å². The van der Waals surface area contributed by atoms with Crippen LogP contribution in [-0.2, 0) is 13.6 Å². The van der Waals surface area contributed by atoms with Gasteiger partial charge in [0.25, 0.3) is 0 Å². The summed E-state index contributed by atoms with van der Waals surface area (Å²) in [5.74, 6) is 0. The molecule has 106 valence electrons. The van der Waals surface area contributed by atoms with Crippen molar-refractivity contribution in [2.75, 3.05) is 5.33 Å². The minimum absolute atomic E-state index is 1.12. The SMILES string of the molecule is C[n+]1ccc(-c2cc[n+](CCCCCCBr)cc2)cc1. The maximum Gasteiger partial charge on any atom is 0.169 e. The van der Waals surface area contributed by atoms with Crippen LogP contribution in [0.3, 0.4) is 0 Å². The molecule has 0 fully saturated rings. The van der Waals surface area contributed by atoms with Gasteiger partial charge in [-0.15, -0.1) is 0 Å². The van der Waals surface area contributed by atoms with Crippen LogP contribution in [0.5, 0.6) is 0 Å². The molecule has 2 rings (SSSR count). The lowest BCUT2D eigenvalue weighted by Crippen LogP contribution is -2.32. The number of alkyl halides is 1. The number of hydrogen-bond donors (Lipinski definition) is 0. The molecule has 0 atom stereocenters. The molecule has 2 aromatic heterocycles. The summed E-state index contributed by atoms with van der Waals surface area (Å²) >= 11 is 3.47. The number of aryl methyl sites for hydroxylation is 2. The number of halogens is 1. The van der Waals surface area contributed by atoms with E-state index in [2.05, 4.69) is 74.1 Å². The van der Waals surface area contributed by atoms with Gasteiger partial charge in [0, 0.05) is 36.0 Å². The Kier molecular flexibility index (Phi) is 6.19. The molecule has 20 heavy (non-hydrogen) atoms. The molecule has 0 spiro atoms. The van der Waals surface area contributed by atoms with E-state index in [0.29, 0.717) is 0 Å². The minimum atomic E-state index is 1.12. The van der Waals surface area contributed by atoms with Gasteiger partial charge in [-0.1, -0.05) is 22.4 Å². The van der Waals surface area contributed by atoms with E-state index in [1.54, 1.807) is 0 Å². The number of nitrogens with zero attached hydrogens (tertiary/aromatic N) is 2. The van der Waals surface area contributed by atoms with Crippen molar-refractivity contribution in [1.82, 2.24) is 0 Å². The van der Waals surface area contributed by atoms with Crippen LogP contribution < -0.4 is 9.13 Å². The third kappa shape index (κ3) is 4.71. The van der Waals surface area contributed by atoms with Crippen LogP contribution in [0.15, 0.2) is 49.1 Å². The van der Waals surface area contributed by atoms with Gasteiger partial charge in [-0.3, -0.25) is 0 Å². The van der Waals surface area contributed by atoms with Gasteiger partial charge < -0.3 is 0 Å². The minimum Gasteiger partial charge on any atom is -0.208 e. The highest BCUT2D eigenvalue weighted by Gasteiger charge is 2.04. The van der Waals surface area contributed by atoms with Gasteiger partial charge in [-0.25, -0.2) is 9.13 Å². The van der Waals surface area contributed by atoms with Crippen molar-refractivity contribution in [3.63, 3.8) is 0 Å². The van der Waals surface area contributed by atoms with Crippen LogP contribution in [0.2, 0.25) is 0 Å². The Morgan fingerprint density at radius 1 is 0.800 bits per heavy atom. The molecule has 0 radical (unpaired) electrons. The fraction of sp³-hybridized carbons (Fsp3) is 0.412. The van der Waals surface area contributed by atoms with Crippen molar-refractivity contribution in [3.05, 3.63) is 49.1 Å². The summed E-state index contributed by atoms with van der Waals surface area (Å²) in [6.45, 7) is 1.12. The van der Waals surface area contributed by atoms with Crippen molar-refractivity contribution >= 4 is 15.9 Å². The Morgan fingerprint density at radius 2 is 1.35 bits per heavy atom. The Balaban J connectivity index is 1.88. The molecule has 0 aliphatic rings. The van der Waals surface area contributed by atoms with Gasteiger partial charge in [-0.2, -0.15) is 0 Å². The lowest BCUT2D eigenvalue weighted by atomic mass is 10.1. The van der Waals surface area contributed by atoms with E-state index in [-0.39, 0.29) is 0 Å². The van der Waals surface area contributed by atoms with Crippen LogP contribution >= 0.6 is 15.9 Å². The summed E-state index contributed by atoms with van der Waals surface area (Å²) < 4.78 is 4.33. The van der Waals surface area contributed by atoms with Crippen LogP contribution in [0, 0.1) is 0 Å². The molecule has 0 aliphatic carbocycles. The van der Waals surface area contributed by atoms with Crippen molar-refractivity contribution in [1.29, 1.82) is 0 Å².